The first kappa shape index (κ1) is 10.6. The third kappa shape index (κ3) is 2.27. The lowest BCUT2D eigenvalue weighted by molar-refractivity contribution is -0.142. The summed E-state index contributed by atoms with van der Waals surface area (Å²) in [7, 11) is 1.40. The van der Waals surface area contributed by atoms with Crippen molar-refractivity contribution < 1.29 is 17.9 Å². The normalized spacial score (nSPS) is 11.4. The second kappa shape index (κ2) is 3.73. The molecule has 1 rings (SSSR count). The summed E-state index contributed by atoms with van der Waals surface area (Å²) in [6.45, 7) is 3.36. The highest BCUT2D eigenvalue weighted by Crippen LogP contribution is 2.34. The first-order valence-corrected chi connectivity index (χ1v) is 3.79. The molecule has 0 aliphatic carbocycles. The summed E-state index contributed by atoms with van der Waals surface area (Å²) in [5, 5.41) is 3.27. The molecule has 0 aliphatic heterocycles. The predicted molar refractivity (Wildman–Crippen MR) is 43.9 cm³/mol. The molecular formula is C8H9F3N2O. The quantitative estimate of drug-likeness (QED) is 0.707. The van der Waals surface area contributed by atoms with Crippen LogP contribution in [0.3, 0.4) is 0 Å². The largest absolute Gasteiger partial charge is 0.486 e. The first-order chi connectivity index (χ1) is 6.45. The molecule has 0 fully saturated rings. The van der Waals surface area contributed by atoms with Gasteiger partial charge in [-0.05, 0) is 0 Å². The minimum atomic E-state index is -4.49. The minimum Gasteiger partial charge on any atom is -0.486 e. The van der Waals surface area contributed by atoms with Gasteiger partial charge in [0.2, 0.25) is 5.69 Å². The van der Waals surface area contributed by atoms with E-state index in [1.165, 1.54) is 19.3 Å². The molecule has 1 aromatic heterocycles. The molecule has 0 unspecified atom stereocenters. The number of alkyl halides is 3. The number of halogens is 3. The summed E-state index contributed by atoms with van der Waals surface area (Å²) in [6.07, 6.45) is -1.95. The Morgan fingerprint density at radius 1 is 1.64 bits per heavy atom. The average molecular weight is 206 g/mol. The van der Waals surface area contributed by atoms with Crippen molar-refractivity contribution in [2.45, 2.75) is 6.18 Å². The lowest BCUT2D eigenvalue weighted by Gasteiger charge is -2.05. The lowest BCUT2D eigenvalue weighted by Crippen LogP contribution is -2.09. The van der Waals surface area contributed by atoms with Crippen LogP contribution in [0.1, 0.15) is 5.69 Å². The molecule has 78 valence electrons. The molecule has 0 saturated carbocycles. The molecule has 6 heteroatoms. The Bertz CT molecular complexity index is 330. The summed E-state index contributed by atoms with van der Waals surface area (Å²) >= 11 is 0. The zero-order valence-electron chi connectivity index (χ0n) is 7.51. The van der Waals surface area contributed by atoms with Crippen molar-refractivity contribution in [1.29, 1.82) is 0 Å². The van der Waals surface area contributed by atoms with E-state index in [4.69, 9.17) is 4.74 Å². The van der Waals surface area contributed by atoms with Gasteiger partial charge < -0.3 is 4.74 Å². The number of hydrogen-bond donors (Lipinski definition) is 0. The van der Waals surface area contributed by atoms with Crippen LogP contribution >= 0.6 is 0 Å². The van der Waals surface area contributed by atoms with Crippen molar-refractivity contribution in [3.8, 4) is 5.75 Å². The van der Waals surface area contributed by atoms with Gasteiger partial charge in [0.15, 0.2) is 5.75 Å². The van der Waals surface area contributed by atoms with E-state index in [0.717, 1.165) is 4.68 Å². The fraction of sp³-hybridized carbons (Fsp3) is 0.375. The summed E-state index contributed by atoms with van der Waals surface area (Å²) in [5.74, 6) is -0.278. The number of ether oxygens (including phenoxy) is 1. The Kier molecular flexibility index (Phi) is 2.83. The smallest absolute Gasteiger partial charge is 0.438 e. The van der Waals surface area contributed by atoms with E-state index < -0.39 is 11.9 Å². The molecule has 0 saturated heterocycles. The topological polar surface area (TPSA) is 27.1 Å². The Morgan fingerprint density at radius 3 is 2.79 bits per heavy atom. The maximum atomic E-state index is 12.3. The molecule has 0 spiro atoms. The fourth-order valence-corrected chi connectivity index (χ4v) is 0.917. The average Bonchev–Trinajstić information content (AvgIpc) is 2.42. The van der Waals surface area contributed by atoms with E-state index in [2.05, 4.69) is 11.7 Å². The van der Waals surface area contributed by atoms with Crippen molar-refractivity contribution in [1.82, 2.24) is 9.78 Å². The van der Waals surface area contributed by atoms with Gasteiger partial charge >= 0.3 is 6.18 Å². The van der Waals surface area contributed by atoms with Gasteiger partial charge in [-0.25, -0.2) is 0 Å². The lowest BCUT2D eigenvalue weighted by atomic mass is 10.4. The molecule has 3 nitrogen and oxygen atoms in total. The second-order valence-electron chi connectivity index (χ2n) is 2.61. The Hall–Kier alpha value is -1.46. The Labute approximate surface area is 78.8 Å². The number of nitrogens with zero attached hydrogens (tertiary/aromatic N) is 2. The maximum absolute atomic E-state index is 12.3. The molecule has 0 atom stereocenters. The molecule has 0 aliphatic rings. The molecule has 0 radical (unpaired) electrons. The standard InChI is InChI=1S/C8H9F3N2O/c1-3-4-14-6-5-13(2)12-7(6)8(9,10)11/h3,5H,1,4H2,2H3. The van der Waals surface area contributed by atoms with Crippen molar-refractivity contribution in [2.75, 3.05) is 6.61 Å². The Morgan fingerprint density at radius 2 is 2.29 bits per heavy atom. The van der Waals surface area contributed by atoms with Crippen LogP contribution < -0.4 is 4.74 Å². The van der Waals surface area contributed by atoms with Crippen LogP contribution in [0.25, 0.3) is 0 Å². The molecule has 0 amide bonds. The first-order valence-electron chi connectivity index (χ1n) is 3.79. The summed E-state index contributed by atoms with van der Waals surface area (Å²) in [4.78, 5) is 0. The van der Waals surface area contributed by atoms with Gasteiger partial charge in [-0.15, -0.1) is 0 Å². The van der Waals surface area contributed by atoms with Crippen molar-refractivity contribution in [2.24, 2.45) is 7.05 Å². The number of aromatic nitrogens is 2. The monoisotopic (exact) mass is 206 g/mol. The van der Waals surface area contributed by atoms with E-state index in [-0.39, 0.29) is 12.4 Å². The number of rotatable bonds is 3. The fourth-order valence-electron chi connectivity index (χ4n) is 0.917. The minimum absolute atomic E-state index is 0.0226. The second-order valence-corrected chi connectivity index (χ2v) is 2.61. The molecule has 0 bridgehead atoms. The van der Waals surface area contributed by atoms with Crippen LogP contribution in [0.2, 0.25) is 0 Å². The zero-order valence-corrected chi connectivity index (χ0v) is 7.51. The van der Waals surface area contributed by atoms with Gasteiger partial charge in [0, 0.05) is 7.05 Å². The third-order valence-corrected chi connectivity index (χ3v) is 1.42. The number of hydrogen-bond acceptors (Lipinski definition) is 2. The van der Waals surface area contributed by atoms with E-state index >= 15 is 0 Å². The van der Waals surface area contributed by atoms with Crippen molar-refractivity contribution in [3.05, 3.63) is 24.5 Å². The van der Waals surface area contributed by atoms with E-state index in [1.54, 1.807) is 0 Å². The molecule has 1 heterocycles. The van der Waals surface area contributed by atoms with Crippen molar-refractivity contribution >= 4 is 0 Å². The van der Waals surface area contributed by atoms with Gasteiger partial charge in [-0.2, -0.15) is 18.3 Å². The highest BCUT2D eigenvalue weighted by molar-refractivity contribution is 5.27. The summed E-state index contributed by atoms with van der Waals surface area (Å²) in [6, 6.07) is 0. The molecule has 0 N–H and O–H groups in total. The highest BCUT2D eigenvalue weighted by Gasteiger charge is 2.38. The number of aryl methyl sites for hydroxylation is 1. The summed E-state index contributed by atoms with van der Waals surface area (Å²) < 4.78 is 42.8. The van der Waals surface area contributed by atoms with Gasteiger partial charge in [0.05, 0.1) is 6.20 Å². The SMILES string of the molecule is C=CCOc1cn(C)nc1C(F)(F)F. The molecule has 1 aromatic rings. The van der Waals surface area contributed by atoms with Crippen molar-refractivity contribution in [3.63, 3.8) is 0 Å². The van der Waals surface area contributed by atoms with Gasteiger partial charge in [-0.1, -0.05) is 12.7 Å². The van der Waals surface area contributed by atoms with Gasteiger partial charge in [0.1, 0.15) is 6.61 Å². The van der Waals surface area contributed by atoms with Gasteiger partial charge in [0.25, 0.3) is 0 Å². The van der Waals surface area contributed by atoms with Crippen LogP contribution in [-0.4, -0.2) is 16.4 Å². The van der Waals surface area contributed by atoms with Crippen LogP contribution in [0.15, 0.2) is 18.9 Å². The van der Waals surface area contributed by atoms with Crippen LogP contribution in [0, 0.1) is 0 Å². The van der Waals surface area contributed by atoms with Crippen LogP contribution in [0.5, 0.6) is 5.75 Å². The third-order valence-electron chi connectivity index (χ3n) is 1.42. The molecule has 14 heavy (non-hydrogen) atoms. The molecular weight excluding hydrogens is 197 g/mol. The van der Waals surface area contributed by atoms with E-state index in [0.29, 0.717) is 0 Å². The van der Waals surface area contributed by atoms with Gasteiger partial charge in [-0.3, -0.25) is 4.68 Å². The van der Waals surface area contributed by atoms with Crippen LogP contribution in [-0.2, 0) is 13.2 Å². The van der Waals surface area contributed by atoms with Crippen LogP contribution in [0.4, 0.5) is 13.2 Å². The van der Waals surface area contributed by atoms with E-state index in [1.807, 2.05) is 0 Å². The predicted octanol–water partition coefficient (Wildman–Crippen LogP) is 2.00. The van der Waals surface area contributed by atoms with E-state index in [9.17, 15) is 13.2 Å². The Balaban J connectivity index is 2.97. The zero-order chi connectivity index (χ0) is 10.8. The maximum Gasteiger partial charge on any atom is 0.438 e. The summed E-state index contributed by atoms with van der Waals surface area (Å²) in [5.41, 5.74) is -1.01. The molecule has 0 aromatic carbocycles. The highest BCUT2D eigenvalue weighted by atomic mass is 19.4.